The number of carbonyl (C=O) groups excluding carboxylic acids is 3. The Balaban J connectivity index is 1.68. The van der Waals surface area contributed by atoms with Gasteiger partial charge < -0.3 is 10.2 Å². The smallest absolute Gasteiger partial charge is 0.329 e. The Morgan fingerprint density at radius 2 is 1.87 bits per heavy atom. The first-order chi connectivity index (χ1) is 11.1. The Bertz CT molecular complexity index is 631. The van der Waals surface area contributed by atoms with Crippen molar-refractivity contribution in [1.82, 2.24) is 10.2 Å². The van der Waals surface area contributed by atoms with Gasteiger partial charge in [-0.15, -0.1) is 0 Å². The monoisotopic (exact) mass is 337 g/mol. The first-order valence-corrected chi connectivity index (χ1v) is 8.47. The predicted molar refractivity (Wildman–Crippen MR) is 84.7 cm³/mol. The van der Waals surface area contributed by atoms with Gasteiger partial charge in [0.05, 0.1) is 12.1 Å². The molecule has 1 aromatic carbocycles. The van der Waals surface area contributed by atoms with Crippen LogP contribution >= 0.6 is 11.8 Å². The zero-order valence-corrected chi connectivity index (χ0v) is 13.1. The van der Waals surface area contributed by atoms with Gasteiger partial charge in [-0.25, -0.2) is 14.1 Å². The number of anilines is 1. The third-order valence-corrected chi connectivity index (χ3v) is 4.79. The topological polar surface area (TPSA) is 69.7 Å². The van der Waals surface area contributed by atoms with E-state index in [0.29, 0.717) is 18.8 Å². The molecule has 2 fully saturated rings. The van der Waals surface area contributed by atoms with Crippen LogP contribution in [0.2, 0.25) is 0 Å². The van der Waals surface area contributed by atoms with E-state index in [0.717, 1.165) is 16.4 Å². The highest BCUT2D eigenvalue weighted by Gasteiger charge is 2.40. The van der Waals surface area contributed by atoms with Crippen molar-refractivity contribution in [2.24, 2.45) is 0 Å². The number of rotatable bonds is 3. The van der Waals surface area contributed by atoms with Crippen LogP contribution in [-0.2, 0) is 9.59 Å². The summed E-state index contributed by atoms with van der Waals surface area (Å²) in [6.45, 7) is 1.33. The average Bonchev–Trinajstić information content (AvgIpc) is 2.83. The van der Waals surface area contributed by atoms with Gasteiger partial charge >= 0.3 is 6.03 Å². The van der Waals surface area contributed by atoms with Crippen molar-refractivity contribution in [2.45, 2.75) is 12.5 Å². The summed E-state index contributed by atoms with van der Waals surface area (Å²) < 4.78 is 13.0. The van der Waals surface area contributed by atoms with Crippen LogP contribution in [-0.4, -0.2) is 53.4 Å². The summed E-state index contributed by atoms with van der Waals surface area (Å²) in [7, 11) is 0. The largest absolute Gasteiger partial charge is 0.341 e. The number of thioether (sulfide) groups is 1. The lowest BCUT2D eigenvalue weighted by Gasteiger charge is -2.27. The van der Waals surface area contributed by atoms with E-state index in [-0.39, 0.29) is 12.3 Å². The maximum atomic E-state index is 13.0. The van der Waals surface area contributed by atoms with Crippen LogP contribution in [0.3, 0.4) is 0 Å². The van der Waals surface area contributed by atoms with E-state index in [9.17, 15) is 18.8 Å². The summed E-state index contributed by atoms with van der Waals surface area (Å²) in [6, 6.07) is 3.63. The second-order valence-corrected chi connectivity index (χ2v) is 6.57. The normalized spacial score (nSPS) is 21.5. The molecule has 0 unspecified atom stereocenters. The fourth-order valence-electron chi connectivity index (χ4n) is 2.62. The van der Waals surface area contributed by atoms with Crippen molar-refractivity contribution >= 4 is 35.3 Å². The van der Waals surface area contributed by atoms with E-state index in [1.807, 2.05) is 0 Å². The van der Waals surface area contributed by atoms with Gasteiger partial charge in [0, 0.05) is 24.6 Å². The fraction of sp³-hybridized carbons (Fsp3) is 0.400. The number of urea groups is 1. The second-order valence-electron chi connectivity index (χ2n) is 5.35. The van der Waals surface area contributed by atoms with Gasteiger partial charge in [-0.05, 0) is 24.3 Å². The molecule has 1 atom stereocenters. The Morgan fingerprint density at radius 3 is 2.52 bits per heavy atom. The molecule has 0 saturated carbocycles. The SMILES string of the molecule is O=C(C[C@@H]1NC(=O)N(c2ccc(F)cc2)C1=O)N1CCSCC1. The van der Waals surface area contributed by atoms with Gasteiger partial charge in [0.1, 0.15) is 11.9 Å². The number of hydrogen-bond acceptors (Lipinski definition) is 4. The van der Waals surface area contributed by atoms with Gasteiger partial charge in [-0.1, -0.05) is 0 Å². The molecule has 8 heteroatoms. The molecule has 2 aliphatic rings. The number of imide groups is 1. The van der Waals surface area contributed by atoms with Crippen LogP contribution in [0.15, 0.2) is 24.3 Å². The lowest BCUT2D eigenvalue weighted by molar-refractivity contribution is -0.133. The van der Waals surface area contributed by atoms with Gasteiger partial charge in [-0.2, -0.15) is 11.8 Å². The lowest BCUT2D eigenvalue weighted by Crippen LogP contribution is -2.42. The van der Waals surface area contributed by atoms with Gasteiger partial charge in [0.15, 0.2) is 0 Å². The number of hydrogen-bond donors (Lipinski definition) is 1. The summed E-state index contributed by atoms with van der Waals surface area (Å²) in [5.41, 5.74) is 0.290. The Morgan fingerprint density at radius 1 is 1.22 bits per heavy atom. The zero-order chi connectivity index (χ0) is 16.4. The first-order valence-electron chi connectivity index (χ1n) is 7.32. The molecule has 0 bridgehead atoms. The minimum absolute atomic E-state index is 0.0487. The van der Waals surface area contributed by atoms with E-state index in [4.69, 9.17) is 0 Å². The van der Waals surface area contributed by atoms with Crippen LogP contribution in [0.4, 0.5) is 14.9 Å². The van der Waals surface area contributed by atoms with Crippen LogP contribution in [0.1, 0.15) is 6.42 Å². The van der Waals surface area contributed by atoms with E-state index in [1.54, 1.807) is 16.7 Å². The Kier molecular flexibility index (Phi) is 4.51. The van der Waals surface area contributed by atoms with Crippen LogP contribution in [0.25, 0.3) is 0 Å². The minimum atomic E-state index is -0.866. The van der Waals surface area contributed by atoms with Crippen LogP contribution < -0.4 is 10.2 Å². The molecule has 4 amide bonds. The molecule has 1 aromatic rings. The van der Waals surface area contributed by atoms with Crippen LogP contribution in [0.5, 0.6) is 0 Å². The van der Waals surface area contributed by atoms with Crippen molar-refractivity contribution < 1.29 is 18.8 Å². The third-order valence-electron chi connectivity index (χ3n) is 3.85. The molecule has 23 heavy (non-hydrogen) atoms. The van der Waals surface area contributed by atoms with E-state index in [1.165, 1.54) is 24.3 Å². The number of halogens is 1. The number of nitrogens with zero attached hydrogens (tertiary/aromatic N) is 2. The van der Waals surface area contributed by atoms with Crippen molar-refractivity contribution in [3.63, 3.8) is 0 Å². The summed E-state index contributed by atoms with van der Waals surface area (Å²) >= 11 is 1.79. The Labute approximate surface area is 137 Å². The van der Waals surface area contributed by atoms with E-state index in [2.05, 4.69) is 5.32 Å². The summed E-state index contributed by atoms with van der Waals surface area (Å²) in [6.07, 6.45) is -0.0487. The number of nitrogens with one attached hydrogen (secondary N) is 1. The van der Waals surface area contributed by atoms with Crippen LogP contribution in [0, 0.1) is 5.82 Å². The number of amides is 4. The third kappa shape index (κ3) is 3.31. The fourth-order valence-corrected chi connectivity index (χ4v) is 3.52. The van der Waals surface area contributed by atoms with Crippen molar-refractivity contribution in [2.75, 3.05) is 29.5 Å². The lowest BCUT2D eigenvalue weighted by atomic mass is 10.1. The molecular weight excluding hydrogens is 321 g/mol. The molecule has 0 aliphatic carbocycles. The molecule has 1 N–H and O–H groups in total. The highest BCUT2D eigenvalue weighted by molar-refractivity contribution is 7.99. The predicted octanol–water partition coefficient (Wildman–Crippen LogP) is 1.22. The highest BCUT2D eigenvalue weighted by atomic mass is 32.2. The van der Waals surface area contributed by atoms with Gasteiger partial charge in [0.2, 0.25) is 5.91 Å². The molecule has 2 saturated heterocycles. The molecule has 2 aliphatic heterocycles. The summed E-state index contributed by atoms with van der Waals surface area (Å²) in [5, 5.41) is 2.53. The molecule has 3 rings (SSSR count). The average molecular weight is 337 g/mol. The quantitative estimate of drug-likeness (QED) is 0.842. The molecule has 6 nitrogen and oxygen atoms in total. The van der Waals surface area contributed by atoms with Crippen molar-refractivity contribution in [3.05, 3.63) is 30.1 Å². The molecule has 0 aromatic heterocycles. The van der Waals surface area contributed by atoms with Gasteiger partial charge in [0.25, 0.3) is 5.91 Å². The molecule has 122 valence electrons. The Hall–Kier alpha value is -2.09. The molecular formula is C15H16FN3O3S. The standard InChI is InChI=1S/C15H16FN3O3S/c16-10-1-3-11(4-2-10)19-14(21)12(17-15(19)22)9-13(20)18-5-7-23-8-6-18/h1-4,12H,5-9H2,(H,17,22)/t12-/m0/s1. The number of carbonyl (C=O) groups is 3. The molecule has 0 radical (unpaired) electrons. The van der Waals surface area contributed by atoms with Crippen molar-refractivity contribution in [1.29, 1.82) is 0 Å². The molecule has 2 heterocycles. The maximum absolute atomic E-state index is 13.0. The zero-order valence-electron chi connectivity index (χ0n) is 12.3. The first kappa shape index (κ1) is 15.8. The van der Waals surface area contributed by atoms with E-state index >= 15 is 0 Å². The van der Waals surface area contributed by atoms with Gasteiger partial charge in [-0.3, -0.25) is 9.59 Å². The highest BCUT2D eigenvalue weighted by Crippen LogP contribution is 2.21. The van der Waals surface area contributed by atoms with Crippen molar-refractivity contribution in [3.8, 4) is 0 Å². The number of benzene rings is 1. The maximum Gasteiger partial charge on any atom is 0.329 e. The summed E-state index contributed by atoms with van der Waals surface area (Å²) in [5.74, 6) is 0.707. The van der Waals surface area contributed by atoms with E-state index < -0.39 is 23.8 Å². The minimum Gasteiger partial charge on any atom is -0.341 e. The summed E-state index contributed by atoms with van der Waals surface area (Å²) in [4.78, 5) is 39.3. The second kappa shape index (κ2) is 6.57. The molecule has 0 spiro atoms.